The number of hydrogen-bond donors (Lipinski definition) is 1. The SMILES string of the molecule is CN1CCC(C(C)(C)CNC(=O)C#N)CC1. The average Bonchev–Trinajstić information content (AvgIpc) is 2.26. The molecule has 0 atom stereocenters. The Morgan fingerprint density at radius 2 is 2.06 bits per heavy atom. The van der Waals surface area contributed by atoms with Gasteiger partial charge in [0.2, 0.25) is 0 Å². The number of hydrogen-bond acceptors (Lipinski definition) is 3. The second-order valence-corrected chi connectivity index (χ2v) is 5.36. The quantitative estimate of drug-likeness (QED) is 0.726. The van der Waals surface area contributed by atoms with Crippen LogP contribution in [-0.4, -0.2) is 37.5 Å². The van der Waals surface area contributed by atoms with Gasteiger partial charge in [0.1, 0.15) is 0 Å². The molecule has 1 N–H and O–H groups in total. The van der Waals surface area contributed by atoms with Crippen LogP contribution in [0.1, 0.15) is 26.7 Å². The number of amides is 1. The number of rotatable bonds is 3. The van der Waals surface area contributed by atoms with Gasteiger partial charge in [0.15, 0.2) is 6.07 Å². The Hall–Kier alpha value is -1.08. The van der Waals surface area contributed by atoms with E-state index in [0.717, 1.165) is 13.1 Å². The molecular formula is C12H21N3O. The van der Waals surface area contributed by atoms with Crippen LogP contribution >= 0.6 is 0 Å². The summed E-state index contributed by atoms with van der Waals surface area (Å²) in [7, 11) is 2.14. The fraction of sp³-hybridized carbons (Fsp3) is 0.833. The van der Waals surface area contributed by atoms with Crippen LogP contribution in [0.25, 0.3) is 0 Å². The van der Waals surface area contributed by atoms with E-state index < -0.39 is 5.91 Å². The van der Waals surface area contributed by atoms with E-state index in [-0.39, 0.29) is 5.41 Å². The number of carbonyl (C=O) groups excluding carboxylic acids is 1. The van der Waals surface area contributed by atoms with Crippen LogP contribution in [0.5, 0.6) is 0 Å². The van der Waals surface area contributed by atoms with Crippen molar-refractivity contribution in [3.8, 4) is 6.07 Å². The Labute approximate surface area is 97.6 Å². The van der Waals surface area contributed by atoms with Crippen molar-refractivity contribution >= 4 is 5.91 Å². The molecule has 1 heterocycles. The lowest BCUT2D eigenvalue weighted by molar-refractivity contribution is -0.116. The van der Waals surface area contributed by atoms with E-state index in [1.165, 1.54) is 12.8 Å². The van der Waals surface area contributed by atoms with Gasteiger partial charge in [0.05, 0.1) is 0 Å². The van der Waals surface area contributed by atoms with Crippen LogP contribution in [0.4, 0.5) is 0 Å². The molecule has 0 aromatic heterocycles. The number of nitrogens with zero attached hydrogens (tertiary/aromatic N) is 2. The van der Waals surface area contributed by atoms with Gasteiger partial charge in [0.25, 0.3) is 0 Å². The molecule has 0 radical (unpaired) electrons. The topological polar surface area (TPSA) is 56.1 Å². The zero-order valence-corrected chi connectivity index (χ0v) is 10.4. The molecule has 16 heavy (non-hydrogen) atoms. The van der Waals surface area contributed by atoms with Crippen LogP contribution in [-0.2, 0) is 4.79 Å². The fourth-order valence-electron chi connectivity index (χ4n) is 2.28. The van der Waals surface area contributed by atoms with Gasteiger partial charge in [-0.2, -0.15) is 5.26 Å². The molecule has 1 rings (SSSR count). The van der Waals surface area contributed by atoms with Gasteiger partial charge in [-0.05, 0) is 44.3 Å². The zero-order valence-electron chi connectivity index (χ0n) is 10.4. The second-order valence-electron chi connectivity index (χ2n) is 5.36. The molecule has 0 aromatic carbocycles. The van der Waals surface area contributed by atoms with Crippen molar-refractivity contribution in [2.75, 3.05) is 26.7 Å². The highest BCUT2D eigenvalue weighted by atomic mass is 16.1. The molecule has 0 spiro atoms. The van der Waals surface area contributed by atoms with Gasteiger partial charge in [-0.15, -0.1) is 0 Å². The lowest BCUT2D eigenvalue weighted by Crippen LogP contribution is -2.42. The highest BCUT2D eigenvalue weighted by Crippen LogP contribution is 2.33. The standard InChI is InChI=1S/C12H21N3O/c1-12(2,9-14-11(16)8-13)10-4-6-15(3)7-5-10/h10H,4-7,9H2,1-3H3,(H,14,16). The van der Waals surface area contributed by atoms with Gasteiger partial charge in [-0.3, -0.25) is 4.79 Å². The summed E-state index contributed by atoms with van der Waals surface area (Å²) < 4.78 is 0. The summed E-state index contributed by atoms with van der Waals surface area (Å²) in [5.41, 5.74) is 0.0772. The lowest BCUT2D eigenvalue weighted by Gasteiger charge is -2.39. The summed E-state index contributed by atoms with van der Waals surface area (Å²) in [5, 5.41) is 11.1. The first kappa shape index (κ1) is 13.0. The molecule has 1 amide bonds. The third-order valence-electron chi connectivity index (χ3n) is 3.63. The molecule has 1 aliphatic rings. The summed E-state index contributed by atoms with van der Waals surface area (Å²) >= 11 is 0. The Balaban J connectivity index is 2.44. The number of piperidine rings is 1. The van der Waals surface area contributed by atoms with Gasteiger partial charge < -0.3 is 10.2 Å². The first-order valence-corrected chi connectivity index (χ1v) is 5.82. The minimum atomic E-state index is -0.527. The summed E-state index contributed by atoms with van der Waals surface area (Å²) in [6.45, 7) is 7.18. The number of carbonyl (C=O) groups is 1. The van der Waals surface area contributed by atoms with E-state index in [0.29, 0.717) is 12.5 Å². The molecular weight excluding hydrogens is 202 g/mol. The van der Waals surface area contributed by atoms with E-state index in [2.05, 4.69) is 31.1 Å². The highest BCUT2D eigenvalue weighted by molar-refractivity contribution is 5.91. The van der Waals surface area contributed by atoms with Gasteiger partial charge in [-0.1, -0.05) is 13.8 Å². The van der Waals surface area contributed by atoms with Crippen LogP contribution in [0.15, 0.2) is 0 Å². The van der Waals surface area contributed by atoms with Gasteiger partial charge >= 0.3 is 5.91 Å². The highest BCUT2D eigenvalue weighted by Gasteiger charge is 2.31. The van der Waals surface area contributed by atoms with Crippen molar-refractivity contribution in [1.82, 2.24) is 10.2 Å². The Kier molecular flexibility index (Phi) is 4.31. The van der Waals surface area contributed by atoms with E-state index >= 15 is 0 Å². The smallest absolute Gasteiger partial charge is 0.322 e. The Morgan fingerprint density at radius 1 is 1.50 bits per heavy atom. The van der Waals surface area contributed by atoms with Crippen LogP contribution in [0.2, 0.25) is 0 Å². The largest absolute Gasteiger partial charge is 0.343 e. The molecule has 1 saturated heterocycles. The predicted octanol–water partition coefficient (Wildman–Crippen LogP) is 0.994. The summed E-state index contributed by atoms with van der Waals surface area (Å²) in [5.74, 6) is 0.101. The molecule has 90 valence electrons. The molecule has 1 aliphatic heterocycles. The predicted molar refractivity (Wildman–Crippen MR) is 62.6 cm³/mol. The minimum Gasteiger partial charge on any atom is -0.343 e. The van der Waals surface area contributed by atoms with E-state index in [9.17, 15) is 4.79 Å². The van der Waals surface area contributed by atoms with Crippen molar-refractivity contribution < 1.29 is 4.79 Å². The van der Waals surface area contributed by atoms with Crippen LogP contribution in [0.3, 0.4) is 0 Å². The van der Waals surface area contributed by atoms with Crippen molar-refractivity contribution in [3.63, 3.8) is 0 Å². The van der Waals surface area contributed by atoms with Gasteiger partial charge in [-0.25, -0.2) is 0 Å². The monoisotopic (exact) mass is 223 g/mol. The average molecular weight is 223 g/mol. The first-order valence-electron chi connectivity index (χ1n) is 5.82. The van der Waals surface area contributed by atoms with Gasteiger partial charge in [0, 0.05) is 6.54 Å². The minimum absolute atomic E-state index is 0.0772. The number of likely N-dealkylation sites (tertiary alicyclic amines) is 1. The normalized spacial score (nSPS) is 19.1. The molecule has 0 bridgehead atoms. The zero-order chi connectivity index (χ0) is 12.2. The molecule has 4 heteroatoms. The van der Waals surface area contributed by atoms with E-state index in [4.69, 9.17) is 5.26 Å². The first-order chi connectivity index (χ1) is 7.45. The summed E-state index contributed by atoms with van der Waals surface area (Å²) in [4.78, 5) is 13.2. The van der Waals surface area contributed by atoms with Crippen molar-refractivity contribution in [2.45, 2.75) is 26.7 Å². The van der Waals surface area contributed by atoms with E-state index in [1.54, 1.807) is 6.07 Å². The Bertz CT molecular complexity index is 285. The maximum Gasteiger partial charge on any atom is 0.322 e. The summed E-state index contributed by atoms with van der Waals surface area (Å²) in [6, 6.07) is 1.59. The second kappa shape index (κ2) is 5.31. The maximum absolute atomic E-state index is 10.9. The Morgan fingerprint density at radius 3 is 2.56 bits per heavy atom. The van der Waals surface area contributed by atoms with Crippen molar-refractivity contribution in [1.29, 1.82) is 5.26 Å². The molecule has 0 aliphatic carbocycles. The summed E-state index contributed by atoms with van der Waals surface area (Å²) in [6.07, 6.45) is 2.35. The van der Waals surface area contributed by atoms with Crippen molar-refractivity contribution in [3.05, 3.63) is 0 Å². The van der Waals surface area contributed by atoms with Crippen molar-refractivity contribution in [2.24, 2.45) is 11.3 Å². The number of nitrogens with one attached hydrogen (secondary N) is 1. The van der Waals surface area contributed by atoms with E-state index in [1.807, 2.05) is 0 Å². The third-order valence-corrected chi connectivity index (χ3v) is 3.63. The molecule has 0 saturated carbocycles. The molecule has 1 fully saturated rings. The third kappa shape index (κ3) is 3.49. The molecule has 4 nitrogen and oxygen atoms in total. The van der Waals surface area contributed by atoms with Crippen LogP contribution in [0, 0.1) is 22.7 Å². The van der Waals surface area contributed by atoms with Crippen LogP contribution < -0.4 is 5.32 Å². The maximum atomic E-state index is 10.9. The molecule has 0 unspecified atom stereocenters. The fourth-order valence-corrected chi connectivity index (χ4v) is 2.28. The lowest BCUT2D eigenvalue weighted by atomic mass is 9.73. The molecule has 0 aromatic rings. The number of nitriles is 1.